The molecule has 0 aliphatic rings. The van der Waals surface area contributed by atoms with E-state index in [-0.39, 0.29) is 17.9 Å². The Morgan fingerprint density at radius 3 is 0.838 bits per heavy atom. The van der Waals surface area contributed by atoms with E-state index in [1.807, 2.05) is 0 Å². The monoisotopic (exact) mass is 527 g/mol. The maximum Gasteiger partial charge on any atom is 0.305 e. The largest absolute Gasteiger partial charge is 0.469 e. The van der Waals surface area contributed by atoms with Crippen molar-refractivity contribution in [3.63, 3.8) is 0 Å². The highest BCUT2D eigenvalue weighted by atomic mass is 16.5. The summed E-state index contributed by atoms with van der Waals surface area (Å²) in [6.07, 6.45) is 22.6. The van der Waals surface area contributed by atoms with Crippen molar-refractivity contribution in [3.05, 3.63) is 0 Å². The lowest BCUT2D eigenvalue weighted by Crippen LogP contribution is -2.27. The Morgan fingerprint density at radius 1 is 0.378 bits per heavy atom. The summed E-state index contributed by atoms with van der Waals surface area (Å²) in [7, 11) is 4.36. The van der Waals surface area contributed by atoms with Crippen LogP contribution in [0.1, 0.15) is 135 Å². The van der Waals surface area contributed by atoms with Crippen LogP contribution in [0.3, 0.4) is 0 Å². The number of esters is 3. The molecule has 0 aliphatic heterocycles. The SMILES string of the molecule is COC(=O)CCCCCCCCN(CCCCCCCCC(=O)OC)CCCCCCCCC(=O)OC. The minimum atomic E-state index is -0.0990. The molecule has 0 radical (unpaired) electrons. The van der Waals surface area contributed by atoms with Crippen molar-refractivity contribution in [1.82, 2.24) is 4.90 Å². The molecule has 218 valence electrons. The van der Waals surface area contributed by atoms with Crippen LogP contribution >= 0.6 is 0 Å². The molecule has 0 amide bonds. The number of methoxy groups -OCH3 is 3. The van der Waals surface area contributed by atoms with Gasteiger partial charge in [-0.15, -0.1) is 0 Å². The van der Waals surface area contributed by atoms with Gasteiger partial charge in [0.1, 0.15) is 0 Å². The fraction of sp³-hybridized carbons (Fsp3) is 0.900. The first kappa shape index (κ1) is 35.4. The molecule has 0 atom stereocenters. The maximum absolute atomic E-state index is 11.2. The Kier molecular flexibility index (Phi) is 26.2. The van der Waals surface area contributed by atoms with Crippen molar-refractivity contribution in [2.75, 3.05) is 41.0 Å². The molecule has 7 nitrogen and oxygen atoms in total. The first-order valence-electron chi connectivity index (χ1n) is 15.0. The summed E-state index contributed by atoms with van der Waals surface area (Å²) in [5.41, 5.74) is 0. The summed E-state index contributed by atoms with van der Waals surface area (Å²) < 4.78 is 14.1. The average molecular weight is 528 g/mol. The number of carbonyl (C=O) groups excluding carboxylic acids is 3. The van der Waals surface area contributed by atoms with Crippen molar-refractivity contribution in [1.29, 1.82) is 0 Å². The quantitative estimate of drug-likeness (QED) is 0.0646. The van der Waals surface area contributed by atoms with E-state index < -0.39 is 0 Å². The minimum Gasteiger partial charge on any atom is -0.469 e. The van der Waals surface area contributed by atoms with E-state index >= 15 is 0 Å². The molecule has 0 aromatic carbocycles. The predicted octanol–water partition coefficient (Wildman–Crippen LogP) is 7.00. The summed E-state index contributed by atoms with van der Waals surface area (Å²) in [4.78, 5) is 36.2. The zero-order valence-electron chi connectivity index (χ0n) is 24.4. The van der Waals surface area contributed by atoms with Gasteiger partial charge in [-0.2, -0.15) is 0 Å². The van der Waals surface area contributed by atoms with E-state index in [1.165, 1.54) is 118 Å². The van der Waals surface area contributed by atoms with Gasteiger partial charge in [0.15, 0.2) is 0 Å². The lowest BCUT2D eigenvalue weighted by molar-refractivity contribution is -0.141. The fourth-order valence-electron chi connectivity index (χ4n) is 4.58. The van der Waals surface area contributed by atoms with Gasteiger partial charge in [-0.1, -0.05) is 77.0 Å². The van der Waals surface area contributed by atoms with Gasteiger partial charge in [0, 0.05) is 19.3 Å². The molecule has 0 aromatic rings. The van der Waals surface area contributed by atoms with E-state index in [4.69, 9.17) is 14.2 Å². The van der Waals surface area contributed by atoms with E-state index in [0.29, 0.717) is 19.3 Å². The van der Waals surface area contributed by atoms with Gasteiger partial charge in [-0.3, -0.25) is 14.4 Å². The van der Waals surface area contributed by atoms with E-state index in [9.17, 15) is 14.4 Å². The van der Waals surface area contributed by atoms with Crippen molar-refractivity contribution in [2.24, 2.45) is 0 Å². The van der Waals surface area contributed by atoms with Gasteiger partial charge in [0.2, 0.25) is 0 Å². The van der Waals surface area contributed by atoms with Gasteiger partial charge in [-0.25, -0.2) is 0 Å². The highest BCUT2D eigenvalue weighted by Crippen LogP contribution is 2.13. The van der Waals surface area contributed by atoms with Crippen LogP contribution in [0, 0.1) is 0 Å². The predicted molar refractivity (Wildman–Crippen MR) is 149 cm³/mol. The van der Waals surface area contributed by atoms with Crippen LogP contribution in [-0.2, 0) is 28.6 Å². The molecular weight excluding hydrogens is 470 g/mol. The number of hydrogen-bond donors (Lipinski definition) is 0. The number of unbranched alkanes of at least 4 members (excludes halogenated alkanes) is 15. The molecule has 0 aromatic heterocycles. The highest BCUT2D eigenvalue weighted by Gasteiger charge is 2.06. The van der Waals surface area contributed by atoms with Crippen molar-refractivity contribution >= 4 is 17.9 Å². The molecular formula is C30H57NO6. The van der Waals surface area contributed by atoms with Gasteiger partial charge in [-0.05, 0) is 58.2 Å². The molecule has 0 aliphatic carbocycles. The van der Waals surface area contributed by atoms with E-state index in [1.54, 1.807) is 0 Å². The third kappa shape index (κ3) is 25.8. The first-order chi connectivity index (χ1) is 18.0. The van der Waals surface area contributed by atoms with Crippen LogP contribution in [0.25, 0.3) is 0 Å². The second kappa shape index (κ2) is 27.4. The molecule has 7 heteroatoms. The van der Waals surface area contributed by atoms with E-state index in [0.717, 1.165) is 38.5 Å². The third-order valence-electron chi connectivity index (χ3n) is 7.00. The number of rotatable bonds is 27. The first-order valence-corrected chi connectivity index (χ1v) is 15.0. The average Bonchev–Trinajstić information content (AvgIpc) is 2.91. The zero-order chi connectivity index (χ0) is 27.4. The lowest BCUT2D eigenvalue weighted by atomic mass is 10.1. The molecule has 0 rings (SSSR count). The molecule has 0 heterocycles. The molecule has 0 fully saturated rings. The Hall–Kier alpha value is -1.63. The Morgan fingerprint density at radius 2 is 0.595 bits per heavy atom. The van der Waals surface area contributed by atoms with Crippen LogP contribution < -0.4 is 0 Å². The normalized spacial score (nSPS) is 11.0. The Balaban J connectivity index is 4.00. The molecule has 0 saturated heterocycles. The van der Waals surface area contributed by atoms with Crippen LogP contribution in [-0.4, -0.2) is 63.8 Å². The number of ether oxygens (including phenoxy) is 3. The molecule has 0 bridgehead atoms. The van der Waals surface area contributed by atoms with Crippen LogP contribution in [0.15, 0.2) is 0 Å². The zero-order valence-corrected chi connectivity index (χ0v) is 24.4. The molecule has 0 spiro atoms. The van der Waals surface area contributed by atoms with Crippen molar-refractivity contribution in [3.8, 4) is 0 Å². The van der Waals surface area contributed by atoms with E-state index in [2.05, 4.69) is 4.90 Å². The number of nitrogens with zero attached hydrogens (tertiary/aromatic N) is 1. The van der Waals surface area contributed by atoms with Gasteiger partial charge < -0.3 is 19.1 Å². The van der Waals surface area contributed by atoms with Gasteiger partial charge >= 0.3 is 17.9 Å². The lowest BCUT2D eigenvalue weighted by Gasteiger charge is -2.22. The van der Waals surface area contributed by atoms with Gasteiger partial charge in [0.25, 0.3) is 0 Å². The molecule has 37 heavy (non-hydrogen) atoms. The summed E-state index contributed by atoms with van der Waals surface area (Å²) in [5.74, 6) is -0.297. The highest BCUT2D eigenvalue weighted by molar-refractivity contribution is 5.69. The minimum absolute atomic E-state index is 0.0990. The smallest absolute Gasteiger partial charge is 0.305 e. The third-order valence-corrected chi connectivity index (χ3v) is 7.00. The van der Waals surface area contributed by atoms with Crippen molar-refractivity contribution < 1.29 is 28.6 Å². The fourth-order valence-corrected chi connectivity index (χ4v) is 4.58. The van der Waals surface area contributed by atoms with Crippen LogP contribution in [0.5, 0.6) is 0 Å². The second-order valence-electron chi connectivity index (χ2n) is 10.2. The van der Waals surface area contributed by atoms with Crippen LogP contribution in [0.2, 0.25) is 0 Å². The summed E-state index contributed by atoms with van der Waals surface area (Å²) in [6, 6.07) is 0. The maximum atomic E-state index is 11.2. The van der Waals surface area contributed by atoms with Crippen molar-refractivity contribution in [2.45, 2.75) is 135 Å². The molecule has 0 unspecified atom stereocenters. The van der Waals surface area contributed by atoms with Crippen LogP contribution in [0.4, 0.5) is 0 Å². The summed E-state index contributed by atoms with van der Waals surface area (Å²) in [6.45, 7) is 3.54. The summed E-state index contributed by atoms with van der Waals surface area (Å²) in [5, 5.41) is 0. The molecule has 0 N–H and O–H groups in total. The topological polar surface area (TPSA) is 82.1 Å². The Bertz CT molecular complexity index is 478. The summed E-state index contributed by atoms with van der Waals surface area (Å²) >= 11 is 0. The van der Waals surface area contributed by atoms with Gasteiger partial charge in [0.05, 0.1) is 21.3 Å². The standard InChI is InChI=1S/C30H57NO6/c1-35-28(32)22-16-10-4-7-13-19-25-31(26-20-14-8-5-11-17-23-29(33)36-2)27-21-15-9-6-12-18-24-30(34)37-3/h4-27H2,1-3H3. The molecule has 0 saturated carbocycles. The second-order valence-corrected chi connectivity index (χ2v) is 10.2. The number of carbonyl (C=O) groups is 3. The number of hydrogen-bond acceptors (Lipinski definition) is 7. The Labute approximate surface area is 227 Å².